The van der Waals surface area contributed by atoms with Gasteiger partial charge in [0.1, 0.15) is 17.6 Å². The second-order valence-corrected chi connectivity index (χ2v) is 5.79. The standard InChI is InChI=1S/C18H21N3O5/c1-23-14-8-12(9-15(10-14)24-2)18(22)21-7-6-13(11-21)26-17-5-4-16(25-3)19-20-17/h4-5,8-10,13H,6-7,11H2,1-3H3. The number of aromatic nitrogens is 2. The summed E-state index contributed by atoms with van der Waals surface area (Å²) in [6.07, 6.45) is 0.592. The molecule has 1 aliphatic heterocycles. The minimum atomic E-state index is -0.130. The first-order valence-electron chi connectivity index (χ1n) is 8.19. The lowest BCUT2D eigenvalue weighted by Crippen LogP contribution is -2.31. The van der Waals surface area contributed by atoms with Gasteiger partial charge in [0.2, 0.25) is 11.8 Å². The molecule has 8 heteroatoms. The highest BCUT2D eigenvalue weighted by atomic mass is 16.5. The van der Waals surface area contributed by atoms with Gasteiger partial charge in [-0.3, -0.25) is 4.79 Å². The van der Waals surface area contributed by atoms with Crippen molar-refractivity contribution in [1.29, 1.82) is 0 Å². The quantitative estimate of drug-likeness (QED) is 0.777. The van der Waals surface area contributed by atoms with Crippen LogP contribution in [0.2, 0.25) is 0 Å². The summed E-state index contributed by atoms with van der Waals surface area (Å²) >= 11 is 0. The van der Waals surface area contributed by atoms with Crippen molar-refractivity contribution in [1.82, 2.24) is 15.1 Å². The molecule has 26 heavy (non-hydrogen) atoms. The zero-order chi connectivity index (χ0) is 18.5. The fraction of sp³-hybridized carbons (Fsp3) is 0.389. The molecule has 2 aromatic rings. The van der Waals surface area contributed by atoms with E-state index in [4.69, 9.17) is 18.9 Å². The number of hydrogen-bond donors (Lipinski definition) is 0. The van der Waals surface area contributed by atoms with E-state index in [1.807, 2.05) is 0 Å². The molecule has 0 saturated carbocycles. The number of likely N-dealkylation sites (tertiary alicyclic amines) is 1. The number of benzene rings is 1. The Hall–Kier alpha value is -3.03. The molecule has 2 heterocycles. The van der Waals surface area contributed by atoms with Gasteiger partial charge in [0.25, 0.3) is 5.91 Å². The zero-order valence-corrected chi connectivity index (χ0v) is 15.0. The van der Waals surface area contributed by atoms with Crippen LogP contribution in [0.25, 0.3) is 0 Å². The van der Waals surface area contributed by atoms with Crippen molar-refractivity contribution in [3.63, 3.8) is 0 Å². The van der Waals surface area contributed by atoms with Gasteiger partial charge < -0.3 is 23.8 Å². The van der Waals surface area contributed by atoms with Gasteiger partial charge in [-0.15, -0.1) is 10.2 Å². The Balaban J connectivity index is 1.65. The van der Waals surface area contributed by atoms with Gasteiger partial charge in [-0.2, -0.15) is 0 Å². The summed E-state index contributed by atoms with van der Waals surface area (Å²) in [5, 5.41) is 7.83. The van der Waals surface area contributed by atoms with Crippen LogP contribution in [0, 0.1) is 0 Å². The summed E-state index contributed by atoms with van der Waals surface area (Å²) < 4.78 is 21.2. The third-order valence-electron chi connectivity index (χ3n) is 4.14. The highest BCUT2D eigenvalue weighted by Crippen LogP contribution is 2.25. The second-order valence-electron chi connectivity index (χ2n) is 5.79. The molecular weight excluding hydrogens is 338 g/mol. The van der Waals surface area contributed by atoms with E-state index >= 15 is 0 Å². The van der Waals surface area contributed by atoms with Gasteiger partial charge in [-0.05, 0) is 12.1 Å². The van der Waals surface area contributed by atoms with Crippen LogP contribution in [0.15, 0.2) is 30.3 Å². The van der Waals surface area contributed by atoms with Crippen LogP contribution in [0.1, 0.15) is 16.8 Å². The van der Waals surface area contributed by atoms with Crippen molar-refractivity contribution in [3.8, 4) is 23.3 Å². The smallest absolute Gasteiger partial charge is 0.254 e. The molecule has 1 aliphatic rings. The van der Waals surface area contributed by atoms with E-state index in [2.05, 4.69) is 10.2 Å². The first-order valence-corrected chi connectivity index (χ1v) is 8.19. The monoisotopic (exact) mass is 359 g/mol. The summed E-state index contributed by atoms with van der Waals surface area (Å²) in [5.41, 5.74) is 0.520. The average molecular weight is 359 g/mol. The molecule has 1 aromatic carbocycles. The molecule has 1 unspecified atom stereocenters. The van der Waals surface area contributed by atoms with Crippen LogP contribution in [0.3, 0.4) is 0 Å². The number of carbonyl (C=O) groups is 1. The van der Waals surface area contributed by atoms with Crippen LogP contribution in [-0.4, -0.2) is 61.5 Å². The number of hydrogen-bond acceptors (Lipinski definition) is 7. The summed E-state index contributed by atoms with van der Waals surface area (Å²) in [6, 6.07) is 8.52. The molecule has 3 rings (SSSR count). The predicted molar refractivity (Wildman–Crippen MR) is 93.1 cm³/mol. The summed E-state index contributed by atoms with van der Waals surface area (Å²) in [4.78, 5) is 14.5. The van der Waals surface area contributed by atoms with E-state index in [0.717, 1.165) is 6.42 Å². The first-order chi connectivity index (χ1) is 12.6. The van der Waals surface area contributed by atoms with Crippen molar-refractivity contribution >= 4 is 5.91 Å². The Bertz CT molecular complexity index is 744. The summed E-state index contributed by atoms with van der Waals surface area (Å²) in [5.74, 6) is 1.90. The molecular formula is C18H21N3O5. The van der Waals surface area contributed by atoms with E-state index in [1.54, 1.807) is 49.5 Å². The predicted octanol–water partition coefficient (Wildman–Crippen LogP) is 1.80. The number of carbonyl (C=O) groups excluding carboxylic acids is 1. The lowest BCUT2D eigenvalue weighted by Gasteiger charge is -2.18. The maximum atomic E-state index is 12.8. The van der Waals surface area contributed by atoms with Crippen molar-refractivity contribution in [3.05, 3.63) is 35.9 Å². The summed E-state index contributed by atoms with van der Waals surface area (Å²) in [7, 11) is 4.63. The minimum absolute atomic E-state index is 0.0888. The minimum Gasteiger partial charge on any atom is -0.497 e. The Labute approximate surface area is 151 Å². The van der Waals surface area contributed by atoms with E-state index in [0.29, 0.717) is 41.9 Å². The van der Waals surface area contributed by atoms with Crippen LogP contribution < -0.4 is 18.9 Å². The molecule has 0 radical (unpaired) electrons. The maximum absolute atomic E-state index is 12.8. The number of amides is 1. The molecule has 8 nitrogen and oxygen atoms in total. The number of nitrogens with zero attached hydrogens (tertiary/aromatic N) is 3. The normalized spacial score (nSPS) is 16.3. The third kappa shape index (κ3) is 3.96. The molecule has 0 spiro atoms. The fourth-order valence-electron chi connectivity index (χ4n) is 2.77. The van der Waals surface area contributed by atoms with Crippen molar-refractivity contribution < 1.29 is 23.7 Å². The molecule has 1 aromatic heterocycles. The van der Waals surface area contributed by atoms with Crippen molar-refractivity contribution in [2.45, 2.75) is 12.5 Å². The number of ether oxygens (including phenoxy) is 4. The molecule has 0 aliphatic carbocycles. The molecule has 1 fully saturated rings. The van der Waals surface area contributed by atoms with Gasteiger partial charge in [-0.25, -0.2) is 0 Å². The summed E-state index contributed by atoms with van der Waals surface area (Å²) in [6.45, 7) is 1.08. The van der Waals surface area contributed by atoms with Gasteiger partial charge in [-0.1, -0.05) is 0 Å². The van der Waals surface area contributed by atoms with E-state index in [-0.39, 0.29) is 12.0 Å². The van der Waals surface area contributed by atoms with Crippen LogP contribution >= 0.6 is 0 Å². The highest BCUT2D eigenvalue weighted by molar-refractivity contribution is 5.95. The van der Waals surface area contributed by atoms with E-state index in [1.165, 1.54) is 7.11 Å². The van der Waals surface area contributed by atoms with E-state index in [9.17, 15) is 4.79 Å². The highest BCUT2D eigenvalue weighted by Gasteiger charge is 2.29. The maximum Gasteiger partial charge on any atom is 0.254 e. The van der Waals surface area contributed by atoms with Crippen LogP contribution in [0.5, 0.6) is 23.3 Å². The van der Waals surface area contributed by atoms with Gasteiger partial charge in [0.05, 0.1) is 27.9 Å². The molecule has 1 amide bonds. The van der Waals surface area contributed by atoms with Gasteiger partial charge in [0, 0.05) is 36.7 Å². The third-order valence-corrected chi connectivity index (χ3v) is 4.14. The van der Waals surface area contributed by atoms with Gasteiger partial charge in [0.15, 0.2) is 0 Å². The molecule has 0 N–H and O–H groups in total. The molecule has 1 saturated heterocycles. The SMILES string of the molecule is COc1cc(OC)cc(C(=O)N2CCC(Oc3ccc(OC)nn3)C2)c1. The number of rotatable bonds is 6. The van der Waals surface area contributed by atoms with Crippen LogP contribution in [-0.2, 0) is 0 Å². The Morgan fingerprint density at radius 2 is 1.65 bits per heavy atom. The number of methoxy groups -OCH3 is 3. The van der Waals surface area contributed by atoms with Crippen LogP contribution in [0.4, 0.5) is 0 Å². The molecule has 0 bridgehead atoms. The average Bonchev–Trinajstić information content (AvgIpc) is 3.15. The Morgan fingerprint density at radius 1 is 1.00 bits per heavy atom. The largest absolute Gasteiger partial charge is 0.497 e. The lowest BCUT2D eigenvalue weighted by molar-refractivity contribution is 0.0770. The Kier molecular flexibility index (Phi) is 5.40. The van der Waals surface area contributed by atoms with E-state index < -0.39 is 0 Å². The lowest BCUT2D eigenvalue weighted by atomic mass is 10.1. The molecule has 138 valence electrons. The fourth-order valence-corrected chi connectivity index (χ4v) is 2.77. The molecule has 1 atom stereocenters. The zero-order valence-electron chi connectivity index (χ0n) is 15.0. The van der Waals surface area contributed by atoms with Gasteiger partial charge >= 0.3 is 0 Å². The second kappa shape index (κ2) is 7.90. The topological polar surface area (TPSA) is 83.0 Å². The first kappa shape index (κ1) is 17.8. The van der Waals surface area contributed by atoms with Crippen molar-refractivity contribution in [2.24, 2.45) is 0 Å². The van der Waals surface area contributed by atoms with Crippen molar-refractivity contribution in [2.75, 3.05) is 34.4 Å². The Morgan fingerprint density at radius 3 is 2.23 bits per heavy atom.